The molecule has 2 heterocycles. The highest BCUT2D eigenvalue weighted by atomic mass is 16.2. The molecule has 1 atom stereocenters. The number of aliphatic imine (C=N–C) groups is 1. The Morgan fingerprint density at radius 3 is 2.36 bits per heavy atom. The summed E-state index contributed by atoms with van der Waals surface area (Å²) in [5.74, 6) is -0.185. The predicted molar refractivity (Wildman–Crippen MR) is 106 cm³/mol. The van der Waals surface area contributed by atoms with E-state index in [4.69, 9.17) is 0 Å². The molecular weight excluding hydrogens is 360 g/mol. The van der Waals surface area contributed by atoms with E-state index in [1.54, 1.807) is 24.3 Å². The van der Waals surface area contributed by atoms with Gasteiger partial charge in [-0.1, -0.05) is 0 Å². The van der Waals surface area contributed by atoms with Gasteiger partial charge in [-0.3, -0.25) is 19.7 Å². The largest absolute Gasteiger partial charge is 0.332 e. The fourth-order valence-corrected chi connectivity index (χ4v) is 3.34. The molecule has 0 unspecified atom stereocenters. The molecule has 9 heteroatoms. The first-order valence-corrected chi connectivity index (χ1v) is 9.59. The number of amides is 3. The number of benzene rings is 1. The summed E-state index contributed by atoms with van der Waals surface area (Å²) in [7, 11) is 0. The SMILES string of the molecule is CC[NH+]1CCN(C2=N[C@H](C(=O)Nc3ccc(NC(C)=O)cc3)CC(=O)N2)CC1. The zero-order valence-corrected chi connectivity index (χ0v) is 16.2. The maximum absolute atomic E-state index is 12.6. The Kier molecular flexibility index (Phi) is 6.25. The van der Waals surface area contributed by atoms with Crippen LogP contribution in [-0.2, 0) is 14.4 Å². The molecule has 1 saturated heterocycles. The van der Waals surface area contributed by atoms with Crippen LogP contribution in [0.2, 0.25) is 0 Å². The van der Waals surface area contributed by atoms with E-state index in [2.05, 4.69) is 27.9 Å². The number of likely N-dealkylation sites (N-methyl/N-ethyl adjacent to an activating group) is 1. The molecule has 1 fully saturated rings. The Hall–Kier alpha value is -2.94. The van der Waals surface area contributed by atoms with E-state index in [-0.39, 0.29) is 24.1 Å². The van der Waals surface area contributed by atoms with Crippen molar-refractivity contribution < 1.29 is 19.3 Å². The van der Waals surface area contributed by atoms with E-state index in [1.165, 1.54) is 11.8 Å². The molecule has 28 heavy (non-hydrogen) atoms. The average Bonchev–Trinajstić information content (AvgIpc) is 2.68. The standard InChI is InChI=1S/C19H26N6O3/c1-3-24-8-10-25(11-9-24)19-22-16(12-17(27)23-19)18(28)21-15-6-4-14(5-7-15)20-13(2)26/h4-7,16H,3,8-12H2,1-2H3,(H,20,26)(H,21,28)(H,22,23,27)/p+1/t16-/m0/s1. The summed E-state index contributed by atoms with van der Waals surface area (Å²) in [5, 5.41) is 8.26. The van der Waals surface area contributed by atoms with Gasteiger partial charge < -0.3 is 20.4 Å². The zero-order chi connectivity index (χ0) is 20.1. The molecule has 150 valence electrons. The number of quaternary nitrogens is 1. The van der Waals surface area contributed by atoms with Gasteiger partial charge in [0.05, 0.1) is 39.1 Å². The number of carbonyl (C=O) groups excluding carboxylic acids is 3. The summed E-state index contributed by atoms with van der Waals surface area (Å²) in [6.45, 7) is 8.27. The van der Waals surface area contributed by atoms with Gasteiger partial charge in [0, 0.05) is 18.3 Å². The number of guanidine groups is 1. The van der Waals surface area contributed by atoms with Crippen LogP contribution < -0.4 is 20.9 Å². The second-order valence-electron chi connectivity index (χ2n) is 7.06. The number of carbonyl (C=O) groups is 3. The van der Waals surface area contributed by atoms with Gasteiger partial charge in [0.15, 0.2) is 0 Å². The van der Waals surface area contributed by atoms with Crippen LogP contribution in [0.4, 0.5) is 11.4 Å². The molecular formula is C19H27N6O3+. The average molecular weight is 387 g/mol. The molecule has 9 nitrogen and oxygen atoms in total. The van der Waals surface area contributed by atoms with Crippen molar-refractivity contribution in [2.75, 3.05) is 43.4 Å². The second kappa shape index (κ2) is 8.83. The van der Waals surface area contributed by atoms with Gasteiger partial charge >= 0.3 is 0 Å². The van der Waals surface area contributed by atoms with Crippen molar-refractivity contribution in [2.45, 2.75) is 26.3 Å². The van der Waals surface area contributed by atoms with Crippen molar-refractivity contribution in [1.29, 1.82) is 0 Å². The number of nitrogens with one attached hydrogen (secondary N) is 4. The van der Waals surface area contributed by atoms with E-state index in [0.29, 0.717) is 17.3 Å². The number of rotatable bonds is 4. The monoisotopic (exact) mass is 387 g/mol. The van der Waals surface area contributed by atoms with Crippen LogP contribution in [0.3, 0.4) is 0 Å². The number of hydrogen-bond donors (Lipinski definition) is 4. The fourth-order valence-electron chi connectivity index (χ4n) is 3.34. The predicted octanol–water partition coefficient (Wildman–Crippen LogP) is -0.952. The highest BCUT2D eigenvalue weighted by Gasteiger charge is 2.31. The Balaban J connectivity index is 1.63. The summed E-state index contributed by atoms with van der Waals surface area (Å²) in [5.41, 5.74) is 1.23. The summed E-state index contributed by atoms with van der Waals surface area (Å²) >= 11 is 0. The van der Waals surface area contributed by atoms with Crippen molar-refractivity contribution in [2.24, 2.45) is 4.99 Å². The molecule has 0 aliphatic carbocycles. The van der Waals surface area contributed by atoms with Gasteiger partial charge in [-0.2, -0.15) is 0 Å². The Labute approximate surface area is 164 Å². The first kappa shape index (κ1) is 19.8. The van der Waals surface area contributed by atoms with Gasteiger partial charge in [-0.15, -0.1) is 0 Å². The van der Waals surface area contributed by atoms with Gasteiger partial charge in [-0.25, -0.2) is 4.99 Å². The topological polar surface area (TPSA) is 107 Å². The smallest absolute Gasteiger partial charge is 0.249 e. The third-order valence-electron chi connectivity index (χ3n) is 4.95. The fraction of sp³-hybridized carbons (Fsp3) is 0.474. The maximum Gasteiger partial charge on any atom is 0.249 e. The molecule has 3 rings (SSSR count). The normalized spacial score (nSPS) is 20.2. The third-order valence-corrected chi connectivity index (χ3v) is 4.95. The molecule has 2 aliphatic heterocycles. The van der Waals surface area contributed by atoms with Crippen LogP contribution in [0.5, 0.6) is 0 Å². The first-order valence-electron chi connectivity index (χ1n) is 9.59. The van der Waals surface area contributed by atoms with E-state index < -0.39 is 6.04 Å². The van der Waals surface area contributed by atoms with Crippen molar-refractivity contribution >= 4 is 35.1 Å². The van der Waals surface area contributed by atoms with Crippen molar-refractivity contribution in [3.8, 4) is 0 Å². The number of anilines is 2. The Morgan fingerprint density at radius 2 is 1.79 bits per heavy atom. The van der Waals surface area contributed by atoms with Crippen LogP contribution in [0.15, 0.2) is 29.3 Å². The lowest BCUT2D eigenvalue weighted by Gasteiger charge is -2.35. The quantitative estimate of drug-likeness (QED) is 0.534. The van der Waals surface area contributed by atoms with Crippen LogP contribution in [0.1, 0.15) is 20.3 Å². The molecule has 4 N–H and O–H groups in total. The third kappa shape index (κ3) is 5.07. The summed E-state index contributed by atoms with van der Waals surface area (Å²) in [4.78, 5) is 43.8. The van der Waals surface area contributed by atoms with Gasteiger partial charge in [-0.05, 0) is 31.2 Å². The van der Waals surface area contributed by atoms with Crippen LogP contribution in [0, 0.1) is 0 Å². The van der Waals surface area contributed by atoms with E-state index in [1.807, 2.05) is 4.90 Å². The van der Waals surface area contributed by atoms with E-state index >= 15 is 0 Å². The molecule has 0 bridgehead atoms. The molecule has 2 aliphatic rings. The molecule has 1 aromatic rings. The zero-order valence-electron chi connectivity index (χ0n) is 16.2. The van der Waals surface area contributed by atoms with Crippen LogP contribution in [0.25, 0.3) is 0 Å². The highest BCUT2D eigenvalue weighted by Crippen LogP contribution is 2.15. The number of piperazine rings is 1. The summed E-state index contributed by atoms with van der Waals surface area (Å²) in [6, 6.07) is 6.05. The number of hydrogen-bond acceptors (Lipinski definition) is 5. The number of nitrogens with zero attached hydrogens (tertiary/aromatic N) is 2. The minimum Gasteiger partial charge on any atom is -0.332 e. The van der Waals surface area contributed by atoms with Crippen LogP contribution >= 0.6 is 0 Å². The lowest BCUT2D eigenvalue weighted by atomic mass is 10.1. The second-order valence-corrected chi connectivity index (χ2v) is 7.06. The van der Waals surface area contributed by atoms with E-state index in [0.717, 1.165) is 32.7 Å². The van der Waals surface area contributed by atoms with Gasteiger partial charge in [0.25, 0.3) is 0 Å². The maximum atomic E-state index is 12.6. The van der Waals surface area contributed by atoms with Gasteiger partial charge in [0.2, 0.25) is 23.7 Å². The van der Waals surface area contributed by atoms with Crippen molar-refractivity contribution in [3.05, 3.63) is 24.3 Å². The lowest BCUT2D eigenvalue weighted by Crippen LogP contribution is -3.14. The van der Waals surface area contributed by atoms with Crippen molar-refractivity contribution in [1.82, 2.24) is 10.2 Å². The highest BCUT2D eigenvalue weighted by molar-refractivity contribution is 6.06. The molecule has 0 aromatic heterocycles. The van der Waals surface area contributed by atoms with Gasteiger partial charge in [0.1, 0.15) is 6.04 Å². The van der Waals surface area contributed by atoms with Crippen molar-refractivity contribution in [3.63, 3.8) is 0 Å². The Morgan fingerprint density at radius 1 is 1.18 bits per heavy atom. The minimum absolute atomic E-state index is 0.0273. The first-order chi connectivity index (χ1) is 13.4. The molecule has 0 saturated carbocycles. The van der Waals surface area contributed by atoms with Crippen LogP contribution in [-0.4, -0.2) is 67.3 Å². The minimum atomic E-state index is -0.754. The molecule has 0 spiro atoms. The summed E-state index contributed by atoms with van der Waals surface area (Å²) < 4.78 is 0. The van der Waals surface area contributed by atoms with E-state index in [9.17, 15) is 14.4 Å². The Bertz CT molecular complexity index is 768. The summed E-state index contributed by atoms with van der Waals surface area (Å²) in [6.07, 6.45) is 0.0273. The molecule has 3 amide bonds. The molecule has 1 aromatic carbocycles. The lowest BCUT2D eigenvalue weighted by molar-refractivity contribution is -0.902. The molecule has 0 radical (unpaired) electrons.